The lowest BCUT2D eigenvalue weighted by Gasteiger charge is -2.30. The van der Waals surface area contributed by atoms with Crippen LogP contribution in [0.3, 0.4) is 0 Å². The Hall–Kier alpha value is -3.29. The first-order chi connectivity index (χ1) is 13.5. The number of pyridine rings is 1. The molecule has 0 unspecified atom stereocenters. The number of nitrogen functional groups attached to an aromatic ring is 1. The lowest BCUT2D eigenvalue weighted by atomic mass is 9.94. The van der Waals surface area contributed by atoms with Gasteiger partial charge in [-0.2, -0.15) is 10.5 Å². The lowest BCUT2D eigenvalue weighted by molar-refractivity contribution is 0.183. The Morgan fingerprint density at radius 3 is 2.54 bits per heavy atom. The molecule has 3 N–H and O–H groups in total. The van der Waals surface area contributed by atoms with Crippen LogP contribution in [0.2, 0.25) is 0 Å². The molecule has 7 heteroatoms. The molecule has 1 fully saturated rings. The maximum absolute atomic E-state index is 12.2. The zero-order valence-corrected chi connectivity index (χ0v) is 16.1. The molecule has 1 saturated heterocycles. The number of piperidine rings is 1. The van der Waals surface area contributed by atoms with Gasteiger partial charge in [-0.15, -0.1) is 0 Å². The minimum absolute atomic E-state index is 0.0381. The fourth-order valence-corrected chi connectivity index (χ4v) is 3.65. The van der Waals surface area contributed by atoms with Crippen molar-refractivity contribution in [3.05, 3.63) is 45.2 Å². The molecule has 0 bridgehead atoms. The molecule has 0 atom stereocenters. The van der Waals surface area contributed by atoms with Gasteiger partial charge in [-0.05, 0) is 49.5 Å². The second-order valence-electron chi connectivity index (χ2n) is 7.20. The fraction of sp³-hybridized carbons (Fsp3) is 0.381. The van der Waals surface area contributed by atoms with E-state index >= 15 is 0 Å². The second-order valence-corrected chi connectivity index (χ2v) is 7.20. The maximum atomic E-state index is 12.2. The molecular formula is C21H23N5O2. The first-order valence-electron chi connectivity index (χ1n) is 9.24. The summed E-state index contributed by atoms with van der Waals surface area (Å²) >= 11 is 0. The van der Waals surface area contributed by atoms with Crippen molar-refractivity contribution in [3.63, 3.8) is 0 Å². The highest BCUT2D eigenvalue weighted by Crippen LogP contribution is 2.32. The van der Waals surface area contributed by atoms with E-state index in [1.54, 1.807) is 19.2 Å². The number of methoxy groups -OCH3 is 1. The third kappa shape index (κ3) is 3.71. The number of hydrogen-bond acceptors (Lipinski definition) is 6. The summed E-state index contributed by atoms with van der Waals surface area (Å²) in [4.78, 5) is 16.9. The molecule has 1 aromatic carbocycles. The van der Waals surface area contributed by atoms with Crippen LogP contribution in [0.4, 0.5) is 5.82 Å². The van der Waals surface area contributed by atoms with Crippen LogP contribution in [0.1, 0.15) is 36.5 Å². The van der Waals surface area contributed by atoms with Crippen molar-refractivity contribution in [2.75, 3.05) is 25.9 Å². The van der Waals surface area contributed by atoms with Gasteiger partial charge in [0.05, 0.1) is 7.11 Å². The molecule has 0 amide bonds. The number of nitriles is 2. The van der Waals surface area contributed by atoms with Crippen LogP contribution >= 0.6 is 0 Å². The van der Waals surface area contributed by atoms with Gasteiger partial charge in [0.15, 0.2) is 0 Å². The average molecular weight is 377 g/mol. The minimum atomic E-state index is -0.601. The number of H-pyrrole nitrogens is 1. The van der Waals surface area contributed by atoms with Gasteiger partial charge in [0.25, 0.3) is 5.56 Å². The van der Waals surface area contributed by atoms with E-state index in [0.29, 0.717) is 12.1 Å². The van der Waals surface area contributed by atoms with Crippen LogP contribution in [0.15, 0.2) is 23.0 Å². The standard InChI is InChI=1S/C21H23N5O2/c1-13-5-7-26(8-6-13)12-15-9-14(3-4-18(15)28-2)19-16(10-22)20(24)25-21(27)17(19)11-23/h3-4,9,13H,5-8,12H2,1-2H3,(H3,24,25,27). The number of nitrogens with two attached hydrogens (primary N) is 1. The van der Waals surface area contributed by atoms with Crippen LogP contribution in [-0.4, -0.2) is 30.1 Å². The number of likely N-dealkylation sites (tertiary alicyclic amines) is 1. The van der Waals surface area contributed by atoms with E-state index in [4.69, 9.17) is 10.5 Å². The summed E-state index contributed by atoms with van der Waals surface area (Å²) in [7, 11) is 1.61. The Kier molecular flexibility index (Phi) is 5.67. The summed E-state index contributed by atoms with van der Waals surface area (Å²) in [6.45, 7) is 4.99. The Labute approximate surface area is 164 Å². The number of nitrogens with one attached hydrogen (secondary N) is 1. The Balaban J connectivity index is 2.09. The SMILES string of the molecule is COc1ccc(-c2c(C#N)c(N)[nH]c(=O)c2C#N)cc1CN1CCC(C)CC1. The molecule has 2 heterocycles. The van der Waals surface area contributed by atoms with Gasteiger partial charge in [-0.1, -0.05) is 13.0 Å². The van der Waals surface area contributed by atoms with E-state index < -0.39 is 5.56 Å². The van der Waals surface area contributed by atoms with Gasteiger partial charge in [0, 0.05) is 17.7 Å². The first kappa shape index (κ1) is 19.5. The molecule has 28 heavy (non-hydrogen) atoms. The lowest BCUT2D eigenvalue weighted by Crippen LogP contribution is -2.32. The van der Waals surface area contributed by atoms with Crippen molar-refractivity contribution in [3.8, 4) is 29.0 Å². The number of aromatic amines is 1. The Morgan fingerprint density at radius 1 is 1.25 bits per heavy atom. The van der Waals surface area contributed by atoms with Crippen molar-refractivity contribution in [2.24, 2.45) is 5.92 Å². The number of rotatable bonds is 4. The van der Waals surface area contributed by atoms with E-state index in [9.17, 15) is 15.3 Å². The number of anilines is 1. The predicted molar refractivity (Wildman–Crippen MR) is 107 cm³/mol. The van der Waals surface area contributed by atoms with Crippen LogP contribution in [0.5, 0.6) is 5.75 Å². The highest BCUT2D eigenvalue weighted by atomic mass is 16.5. The van der Waals surface area contributed by atoms with Crippen LogP contribution in [-0.2, 0) is 6.54 Å². The van der Waals surface area contributed by atoms with E-state index in [0.717, 1.165) is 43.2 Å². The predicted octanol–water partition coefficient (Wildman–Crippen LogP) is 2.61. The van der Waals surface area contributed by atoms with Crippen molar-refractivity contribution >= 4 is 5.82 Å². The van der Waals surface area contributed by atoms with Gasteiger partial charge in [0.2, 0.25) is 0 Å². The molecule has 1 aliphatic heterocycles. The summed E-state index contributed by atoms with van der Waals surface area (Å²) in [5.41, 5.74) is 7.02. The number of hydrogen-bond donors (Lipinski definition) is 2. The highest BCUT2D eigenvalue weighted by Gasteiger charge is 2.21. The van der Waals surface area contributed by atoms with Gasteiger partial charge >= 0.3 is 0 Å². The van der Waals surface area contributed by atoms with Crippen molar-refractivity contribution in [1.29, 1.82) is 10.5 Å². The molecule has 144 valence electrons. The molecule has 0 spiro atoms. The third-order valence-corrected chi connectivity index (χ3v) is 5.31. The molecule has 1 aromatic heterocycles. The van der Waals surface area contributed by atoms with Gasteiger partial charge in [0.1, 0.15) is 34.8 Å². The zero-order valence-electron chi connectivity index (χ0n) is 16.1. The number of aromatic nitrogens is 1. The average Bonchev–Trinajstić information content (AvgIpc) is 2.69. The molecule has 7 nitrogen and oxygen atoms in total. The van der Waals surface area contributed by atoms with Gasteiger partial charge in [-0.3, -0.25) is 9.69 Å². The minimum Gasteiger partial charge on any atom is -0.496 e. The number of nitrogens with zero attached hydrogens (tertiary/aromatic N) is 3. The summed E-state index contributed by atoms with van der Waals surface area (Å²) in [6, 6.07) is 9.35. The van der Waals surface area contributed by atoms with Crippen LogP contribution < -0.4 is 16.0 Å². The maximum Gasteiger partial charge on any atom is 0.268 e. The summed E-state index contributed by atoms with van der Waals surface area (Å²) in [5, 5.41) is 19.0. The molecule has 3 rings (SSSR count). The quantitative estimate of drug-likeness (QED) is 0.845. The van der Waals surface area contributed by atoms with Gasteiger partial charge in [-0.25, -0.2) is 0 Å². The van der Waals surface area contributed by atoms with Gasteiger partial charge < -0.3 is 15.5 Å². The molecule has 0 saturated carbocycles. The normalized spacial score (nSPS) is 15.0. The van der Waals surface area contributed by atoms with E-state index in [1.807, 2.05) is 18.2 Å². The highest BCUT2D eigenvalue weighted by molar-refractivity contribution is 5.80. The molecule has 0 radical (unpaired) electrons. The van der Waals surface area contributed by atoms with Crippen molar-refractivity contribution < 1.29 is 4.74 Å². The Bertz CT molecular complexity index is 1020. The molecule has 2 aromatic rings. The smallest absolute Gasteiger partial charge is 0.268 e. The van der Waals surface area contributed by atoms with E-state index in [1.165, 1.54) is 0 Å². The van der Waals surface area contributed by atoms with E-state index in [-0.39, 0.29) is 22.5 Å². The molecule has 0 aliphatic carbocycles. The number of ether oxygens (including phenoxy) is 1. The molecule has 1 aliphatic rings. The summed E-state index contributed by atoms with van der Waals surface area (Å²) in [6.07, 6.45) is 2.31. The van der Waals surface area contributed by atoms with Crippen molar-refractivity contribution in [1.82, 2.24) is 9.88 Å². The van der Waals surface area contributed by atoms with Crippen molar-refractivity contribution in [2.45, 2.75) is 26.3 Å². The zero-order chi connectivity index (χ0) is 20.3. The monoisotopic (exact) mass is 377 g/mol. The summed E-state index contributed by atoms with van der Waals surface area (Å²) < 4.78 is 5.51. The van der Waals surface area contributed by atoms with Crippen LogP contribution in [0.25, 0.3) is 11.1 Å². The van der Waals surface area contributed by atoms with Crippen LogP contribution in [0, 0.1) is 28.6 Å². The Morgan fingerprint density at radius 2 is 1.93 bits per heavy atom. The fourth-order valence-electron chi connectivity index (χ4n) is 3.65. The first-order valence-corrected chi connectivity index (χ1v) is 9.24. The third-order valence-electron chi connectivity index (χ3n) is 5.31. The topological polar surface area (TPSA) is 119 Å². The van der Waals surface area contributed by atoms with E-state index in [2.05, 4.69) is 16.8 Å². The second kappa shape index (κ2) is 8.16. The largest absolute Gasteiger partial charge is 0.496 e. The summed E-state index contributed by atoms with van der Waals surface area (Å²) in [5.74, 6) is 1.43. The molecular weight excluding hydrogens is 354 g/mol. The number of benzene rings is 1.